The van der Waals surface area contributed by atoms with Crippen LogP contribution in [0.3, 0.4) is 0 Å². The number of amides is 4. The summed E-state index contributed by atoms with van der Waals surface area (Å²) >= 11 is 0. The second kappa shape index (κ2) is 16.3. The Hall–Kier alpha value is -4.29. The molecular weight excluding hydrogens is 594 g/mol. The number of piperidine rings is 1. The number of benzene rings is 1. The van der Waals surface area contributed by atoms with Crippen LogP contribution in [-0.4, -0.2) is 90.5 Å². The maximum Gasteiger partial charge on any atom is 0.508 e. The normalized spacial score (nSPS) is 23.3. The van der Waals surface area contributed by atoms with E-state index in [1.54, 1.807) is 29.9 Å². The van der Waals surface area contributed by atoms with Crippen molar-refractivity contribution >= 4 is 40.7 Å². The third-order valence-corrected chi connectivity index (χ3v) is 8.88. The van der Waals surface area contributed by atoms with Gasteiger partial charge in [0.15, 0.2) is 0 Å². The molecule has 0 radical (unpaired) electrons. The molecule has 0 aliphatic carbocycles. The van der Waals surface area contributed by atoms with Gasteiger partial charge in [0.05, 0.1) is 18.7 Å². The van der Waals surface area contributed by atoms with Gasteiger partial charge in [-0.05, 0) is 63.0 Å². The molecule has 0 saturated carbocycles. The molecule has 1 aromatic carbocycles. The van der Waals surface area contributed by atoms with Gasteiger partial charge in [-0.15, -0.1) is 0 Å². The zero-order valence-electron chi connectivity index (χ0n) is 27.2. The number of nitrogens with zero attached hydrogens (tertiary/aromatic N) is 2. The van der Waals surface area contributed by atoms with Crippen LogP contribution in [0.15, 0.2) is 30.5 Å². The Balaban J connectivity index is 1.64. The second-order valence-electron chi connectivity index (χ2n) is 11.9. The van der Waals surface area contributed by atoms with E-state index in [1.165, 1.54) is 0 Å². The Bertz CT molecular complexity index is 1390. The molecule has 0 bridgehead atoms. The van der Waals surface area contributed by atoms with E-state index >= 15 is 0 Å². The zero-order valence-corrected chi connectivity index (χ0v) is 27.2. The standard InChI is InChI=1S/C33H47N5O8/c1-5-21(3)28-32(42)37-17-11-9-16-27(37)31(41)34-24(14-10-12-18-46-33(43)45-6-2)29(39)35-25(30(40)36-28)19-22-20-38(44-4)26-15-8-7-13-23(22)26/h7-8,13,15,20-21,24-25,27-28H,5-6,9-12,14,16-19H2,1-4H3,(H,34,41)(H,35,39)(H,36,40)/t21?,24-,25-,27?,28-/m0/s1. The molecule has 1 aromatic heterocycles. The lowest BCUT2D eigenvalue weighted by Crippen LogP contribution is -2.64. The molecule has 4 rings (SSSR count). The number of aromatic nitrogens is 1. The average Bonchev–Trinajstić information content (AvgIpc) is 3.42. The highest BCUT2D eigenvalue weighted by Gasteiger charge is 2.40. The summed E-state index contributed by atoms with van der Waals surface area (Å²) in [4.78, 5) is 74.3. The van der Waals surface area contributed by atoms with Gasteiger partial charge in [0.25, 0.3) is 0 Å². The van der Waals surface area contributed by atoms with Crippen molar-refractivity contribution < 1.29 is 38.3 Å². The molecule has 46 heavy (non-hydrogen) atoms. The number of nitrogens with one attached hydrogen (secondary N) is 3. The predicted octanol–water partition coefficient (Wildman–Crippen LogP) is 2.48. The maximum absolute atomic E-state index is 14.0. The topological polar surface area (TPSA) is 157 Å². The predicted molar refractivity (Wildman–Crippen MR) is 170 cm³/mol. The summed E-state index contributed by atoms with van der Waals surface area (Å²) in [7, 11) is 1.54. The average molecular weight is 642 g/mol. The number of carbonyl (C=O) groups is 5. The van der Waals surface area contributed by atoms with Crippen molar-refractivity contribution in [1.82, 2.24) is 25.6 Å². The first-order chi connectivity index (χ1) is 22.2. The van der Waals surface area contributed by atoms with Crippen molar-refractivity contribution in [3.8, 4) is 0 Å². The third kappa shape index (κ3) is 8.29. The summed E-state index contributed by atoms with van der Waals surface area (Å²) < 4.78 is 11.4. The van der Waals surface area contributed by atoms with Gasteiger partial charge in [-0.3, -0.25) is 19.2 Å². The number of carbonyl (C=O) groups excluding carboxylic acids is 5. The first-order valence-corrected chi connectivity index (χ1v) is 16.3. The van der Waals surface area contributed by atoms with Crippen molar-refractivity contribution in [3.63, 3.8) is 0 Å². The minimum Gasteiger partial charge on any atom is -0.435 e. The molecule has 2 aliphatic heterocycles. The van der Waals surface area contributed by atoms with Crippen LogP contribution in [0.2, 0.25) is 0 Å². The maximum atomic E-state index is 14.0. The van der Waals surface area contributed by atoms with Crippen molar-refractivity contribution in [2.75, 3.05) is 26.9 Å². The SMILES string of the molecule is CCOC(=O)OCCCC[C@@H]1NC(=O)C2CCCCN2C(=O)[C@H](C(C)CC)NC(=O)[C@H](Cc2cn(OC)c3ccccc23)NC1=O. The van der Waals surface area contributed by atoms with Crippen molar-refractivity contribution in [3.05, 3.63) is 36.0 Å². The Kier molecular flexibility index (Phi) is 12.3. The summed E-state index contributed by atoms with van der Waals surface area (Å²) in [5, 5.41) is 9.60. The largest absolute Gasteiger partial charge is 0.508 e. The van der Waals surface area contributed by atoms with E-state index < -0.39 is 48.0 Å². The minimum absolute atomic E-state index is 0.0949. The number of ether oxygens (including phenoxy) is 2. The number of para-hydroxylation sites is 1. The summed E-state index contributed by atoms with van der Waals surface area (Å²) in [6.45, 7) is 6.21. The van der Waals surface area contributed by atoms with E-state index in [4.69, 9.17) is 14.3 Å². The number of hydrogen-bond acceptors (Lipinski definition) is 8. The molecule has 2 fully saturated rings. The Morgan fingerprint density at radius 3 is 2.43 bits per heavy atom. The quantitative estimate of drug-likeness (QED) is 0.250. The summed E-state index contributed by atoms with van der Waals surface area (Å²) in [6.07, 6.45) is 4.85. The van der Waals surface area contributed by atoms with Gasteiger partial charge in [0.1, 0.15) is 31.3 Å². The van der Waals surface area contributed by atoms with E-state index in [0.29, 0.717) is 32.2 Å². The Labute approximate surface area is 269 Å². The molecule has 2 aromatic rings. The van der Waals surface area contributed by atoms with Crippen molar-refractivity contribution in [2.24, 2.45) is 5.92 Å². The molecule has 3 N–H and O–H groups in total. The van der Waals surface area contributed by atoms with Crippen LogP contribution in [0, 0.1) is 5.92 Å². The molecule has 13 heteroatoms. The molecule has 2 aliphatic rings. The van der Waals surface area contributed by atoms with Gasteiger partial charge in [-0.2, -0.15) is 4.73 Å². The van der Waals surface area contributed by atoms with Crippen LogP contribution in [0.1, 0.15) is 71.3 Å². The summed E-state index contributed by atoms with van der Waals surface area (Å²) in [5.41, 5.74) is 1.57. The molecule has 4 amide bonds. The lowest BCUT2D eigenvalue weighted by atomic mass is 9.93. The monoisotopic (exact) mass is 641 g/mol. The van der Waals surface area contributed by atoms with Crippen LogP contribution in [0.5, 0.6) is 0 Å². The molecule has 13 nitrogen and oxygen atoms in total. The number of hydrogen-bond donors (Lipinski definition) is 3. The number of rotatable bonds is 11. The lowest BCUT2D eigenvalue weighted by Gasteiger charge is -2.39. The highest BCUT2D eigenvalue weighted by Crippen LogP contribution is 2.24. The summed E-state index contributed by atoms with van der Waals surface area (Å²) in [6, 6.07) is 3.94. The van der Waals surface area contributed by atoms with Crippen LogP contribution in [0.25, 0.3) is 10.9 Å². The minimum atomic E-state index is -1.05. The molecule has 3 heterocycles. The molecule has 252 valence electrons. The van der Waals surface area contributed by atoms with Crippen molar-refractivity contribution in [1.29, 1.82) is 0 Å². The third-order valence-electron chi connectivity index (χ3n) is 8.88. The van der Waals surface area contributed by atoms with Gasteiger partial charge >= 0.3 is 6.16 Å². The first kappa shape index (κ1) is 34.6. The number of fused-ring (bicyclic) bond motifs is 2. The smallest absolute Gasteiger partial charge is 0.435 e. The zero-order chi connectivity index (χ0) is 33.2. The Morgan fingerprint density at radius 1 is 0.957 bits per heavy atom. The molecule has 2 saturated heterocycles. The Morgan fingerprint density at radius 2 is 1.70 bits per heavy atom. The van der Waals surface area contributed by atoms with Crippen LogP contribution >= 0.6 is 0 Å². The van der Waals surface area contributed by atoms with Crippen molar-refractivity contribution in [2.45, 2.75) is 96.3 Å². The van der Waals surface area contributed by atoms with E-state index in [9.17, 15) is 24.0 Å². The molecule has 0 spiro atoms. The fraction of sp³-hybridized carbons (Fsp3) is 0.606. The highest BCUT2D eigenvalue weighted by atomic mass is 16.7. The summed E-state index contributed by atoms with van der Waals surface area (Å²) in [5.74, 6) is -1.89. The molecular formula is C33H47N5O8. The van der Waals surface area contributed by atoms with Gasteiger partial charge < -0.3 is 35.2 Å². The molecule has 5 atom stereocenters. The fourth-order valence-corrected chi connectivity index (χ4v) is 6.12. The lowest BCUT2D eigenvalue weighted by molar-refractivity contribution is -0.147. The second-order valence-corrected chi connectivity index (χ2v) is 11.9. The van der Waals surface area contributed by atoms with Gasteiger partial charge in [0, 0.05) is 24.5 Å². The highest BCUT2D eigenvalue weighted by molar-refractivity contribution is 5.98. The van der Waals surface area contributed by atoms with Crippen LogP contribution < -0.4 is 20.8 Å². The molecule has 2 unspecified atom stereocenters. The van der Waals surface area contributed by atoms with E-state index in [0.717, 1.165) is 29.3 Å². The fourth-order valence-electron chi connectivity index (χ4n) is 6.12. The van der Waals surface area contributed by atoms with Crippen LogP contribution in [0.4, 0.5) is 4.79 Å². The van der Waals surface area contributed by atoms with Crippen LogP contribution in [-0.2, 0) is 35.1 Å². The van der Waals surface area contributed by atoms with E-state index in [-0.39, 0.29) is 37.9 Å². The number of unbranched alkanes of at least 4 members (excludes halogenated alkanes) is 1. The van der Waals surface area contributed by atoms with Gasteiger partial charge in [-0.25, -0.2) is 4.79 Å². The van der Waals surface area contributed by atoms with Gasteiger partial charge in [0.2, 0.25) is 23.6 Å². The van der Waals surface area contributed by atoms with Gasteiger partial charge in [-0.1, -0.05) is 38.5 Å². The van der Waals surface area contributed by atoms with E-state index in [2.05, 4.69) is 16.0 Å². The van der Waals surface area contributed by atoms with E-state index in [1.807, 2.05) is 38.1 Å². The first-order valence-electron chi connectivity index (χ1n) is 16.3.